The van der Waals surface area contributed by atoms with Gasteiger partial charge >= 0.3 is 6.18 Å². The molecule has 0 saturated heterocycles. The van der Waals surface area contributed by atoms with Gasteiger partial charge in [0.05, 0.1) is 16.3 Å². The quantitative estimate of drug-likeness (QED) is 0.375. The Hall–Kier alpha value is -3.23. The molecule has 0 aliphatic rings. The number of halogens is 5. The average molecular weight is 511 g/mol. The molecule has 0 fully saturated rings. The van der Waals surface area contributed by atoms with Crippen molar-refractivity contribution in [2.24, 2.45) is 0 Å². The minimum atomic E-state index is -4.58. The van der Waals surface area contributed by atoms with Crippen molar-refractivity contribution >= 4 is 46.4 Å². The molecule has 34 heavy (non-hydrogen) atoms. The zero-order valence-electron chi connectivity index (χ0n) is 18.0. The lowest BCUT2D eigenvalue weighted by atomic mass is 10.1. The van der Waals surface area contributed by atoms with Crippen LogP contribution < -0.4 is 15.4 Å². The summed E-state index contributed by atoms with van der Waals surface area (Å²) in [7, 11) is 0. The Kier molecular flexibility index (Phi) is 7.74. The lowest BCUT2D eigenvalue weighted by Crippen LogP contribution is -2.30. The Morgan fingerprint density at radius 2 is 1.59 bits per heavy atom. The summed E-state index contributed by atoms with van der Waals surface area (Å²) in [5.74, 6) is -0.769. The van der Waals surface area contributed by atoms with E-state index in [1.807, 2.05) is 0 Å². The number of hydrogen-bond donors (Lipinski definition) is 2. The molecule has 0 heterocycles. The predicted molar refractivity (Wildman–Crippen MR) is 126 cm³/mol. The second-order valence-corrected chi connectivity index (χ2v) is 8.15. The van der Waals surface area contributed by atoms with Crippen LogP contribution in [0.15, 0.2) is 60.7 Å². The van der Waals surface area contributed by atoms with Gasteiger partial charge in [-0.15, -0.1) is 0 Å². The first-order valence-corrected chi connectivity index (χ1v) is 10.7. The number of nitrogens with one attached hydrogen (secondary N) is 2. The summed E-state index contributed by atoms with van der Waals surface area (Å²) in [5, 5.41) is 5.60. The summed E-state index contributed by atoms with van der Waals surface area (Å²) in [4.78, 5) is 24.9. The number of carbonyl (C=O) groups excluding carboxylic acids is 2. The molecule has 0 bridgehead atoms. The molecular weight excluding hydrogens is 492 g/mol. The van der Waals surface area contributed by atoms with E-state index in [-0.39, 0.29) is 22.4 Å². The number of amides is 2. The molecular formula is C24H19Cl2F3N2O3. The Morgan fingerprint density at radius 3 is 2.24 bits per heavy atom. The smallest absolute Gasteiger partial charge is 0.416 e. The van der Waals surface area contributed by atoms with Crippen LogP contribution in [0.1, 0.15) is 28.4 Å². The monoisotopic (exact) mass is 510 g/mol. The van der Waals surface area contributed by atoms with Crippen molar-refractivity contribution < 1.29 is 27.5 Å². The molecule has 1 unspecified atom stereocenters. The summed E-state index contributed by atoms with van der Waals surface area (Å²) in [6, 6.07) is 13.8. The van der Waals surface area contributed by atoms with Gasteiger partial charge in [0.15, 0.2) is 6.10 Å². The summed E-state index contributed by atoms with van der Waals surface area (Å²) >= 11 is 12.0. The van der Waals surface area contributed by atoms with Crippen LogP contribution in [0, 0.1) is 6.92 Å². The first-order valence-electron chi connectivity index (χ1n) is 9.96. The number of hydrogen-bond acceptors (Lipinski definition) is 3. The highest BCUT2D eigenvalue weighted by Crippen LogP contribution is 2.34. The zero-order valence-corrected chi connectivity index (χ0v) is 19.5. The molecule has 1 atom stereocenters. The Balaban J connectivity index is 1.63. The van der Waals surface area contributed by atoms with Crippen LogP contribution in [-0.2, 0) is 11.0 Å². The molecule has 5 nitrogen and oxygen atoms in total. The van der Waals surface area contributed by atoms with E-state index in [1.54, 1.807) is 25.1 Å². The van der Waals surface area contributed by atoms with Crippen LogP contribution >= 0.6 is 23.2 Å². The maximum absolute atomic E-state index is 12.9. The molecule has 0 saturated carbocycles. The Bertz CT molecular complexity index is 1220. The highest BCUT2D eigenvalue weighted by molar-refractivity contribution is 6.33. The molecule has 3 aromatic rings. The van der Waals surface area contributed by atoms with E-state index in [2.05, 4.69) is 10.6 Å². The maximum Gasteiger partial charge on any atom is 0.416 e. The second kappa shape index (κ2) is 10.4. The molecule has 10 heteroatoms. The standard InChI is InChI=1S/C24H19Cl2F3N2O3/c1-13-18(25)4-3-5-20(13)30-23(33)15-6-9-17(10-7-15)34-14(2)22(32)31-21-12-16(24(27,28)29)8-11-19(21)26/h3-12,14H,1-2H3,(H,30,33)(H,31,32). The largest absolute Gasteiger partial charge is 0.481 e. The van der Waals surface area contributed by atoms with E-state index in [4.69, 9.17) is 27.9 Å². The molecule has 0 aromatic heterocycles. The van der Waals surface area contributed by atoms with Crippen LogP contribution in [0.5, 0.6) is 5.75 Å². The van der Waals surface area contributed by atoms with Crippen molar-refractivity contribution in [1.82, 2.24) is 0 Å². The van der Waals surface area contributed by atoms with Crippen molar-refractivity contribution in [2.45, 2.75) is 26.1 Å². The molecule has 178 valence electrons. The predicted octanol–water partition coefficient (Wildman–Crippen LogP) is 6.98. The fourth-order valence-corrected chi connectivity index (χ4v) is 3.25. The molecule has 3 aromatic carbocycles. The molecule has 0 aliphatic carbocycles. The lowest BCUT2D eigenvalue weighted by molar-refractivity contribution is -0.137. The van der Waals surface area contributed by atoms with Crippen LogP contribution in [0.25, 0.3) is 0 Å². The minimum absolute atomic E-state index is 0.0427. The van der Waals surface area contributed by atoms with Crippen molar-refractivity contribution in [3.63, 3.8) is 0 Å². The average Bonchev–Trinajstić information content (AvgIpc) is 2.78. The van der Waals surface area contributed by atoms with Gasteiger partial charge in [-0.05, 0) is 74.0 Å². The molecule has 2 N–H and O–H groups in total. The van der Waals surface area contributed by atoms with Crippen molar-refractivity contribution in [2.75, 3.05) is 10.6 Å². The van der Waals surface area contributed by atoms with E-state index < -0.39 is 23.8 Å². The van der Waals surface area contributed by atoms with Crippen LogP contribution in [-0.4, -0.2) is 17.9 Å². The number of rotatable bonds is 6. The number of carbonyl (C=O) groups is 2. The molecule has 0 aliphatic heterocycles. The van der Waals surface area contributed by atoms with Gasteiger partial charge in [-0.25, -0.2) is 0 Å². The number of anilines is 2. The Morgan fingerprint density at radius 1 is 0.912 bits per heavy atom. The fourth-order valence-electron chi connectivity index (χ4n) is 2.91. The Labute approximate surface area is 203 Å². The van der Waals surface area contributed by atoms with Gasteiger partial charge in [0.1, 0.15) is 5.75 Å². The lowest BCUT2D eigenvalue weighted by Gasteiger charge is -2.16. The van der Waals surface area contributed by atoms with E-state index in [9.17, 15) is 22.8 Å². The second-order valence-electron chi connectivity index (χ2n) is 7.33. The first-order chi connectivity index (χ1) is 16.0. The number of benzene rings is 3. The normalized spacial score (nSPS) is 12.1. The van der Waals surface area contributed by atoms with Crippen molar-refractivity contribution in [3.8, 4) is 5.75 Å². The molecule has 0 spiro atoms. The highest BCUT2D eigenvalue weighted by atomic mass is 35.5. The van der Waals surface area contributed by atoms with Crippen LogP contribution in [0.4, 0.5) is 24.5 Å². The van der Waals surface area contributed by atoms with Crippen LogP contribution in [0.2, 0.25) is 10.0 Å². The van der Waals surface area contributed by atoms with Crippen LogP contribution in [0.3, 0.4) is 0 Å². The van der Waals surface area contributed by atoms with Gasteiger partial charge in [0.25, 0.3) is 11.8 Å². The summed E-state index contributed by atoms with van der Waals surface area (Å²) in [6.07, 6.45) is -5.63. The minimum Gasteiger partial charge on any atom is -0.481 e. The number of alkyl halides is 3. The third-order valence-electron chi connectivity index (χ3n) is 4.87. The first kappa shape index (κ1) is 25.4. The van der Waals surface area contributed by atoms with E-state index in [1.165, 1.54) is 31.2 Å². The van der Waals surface area contributed by atoms with Gasteiger partial charge in [0.2, 0.25) is 0 Å². The van der Waals surface area contributed by atoms with Gasteiger partial charge in [-0.1, -0.05) is 29.3 Å². The van der Waals surface area contributed by atoms with Gasteiger partial charge < -0.3 is 15.4 Å². The SMILES string of the molecule is Cc1c(Cl)cccc1NC(=O)c1ccc(OC(C)C(=O)Nc2cc(C(F)(F)F)ccc2Cl)cc1. The maximum atomic E-state index is 12.9. The van der Waals surface area contributed by atoms with E-state index in [0.717, 1.165) is 23.8 Å². The van der Waals surface area contributed by atoms with E-state index in [0.29, 0.717) is 16.3 Å². The van der Waals surface area contributed by atoms with Gasteiger partial charge in [0, 0.05) is 16.3 Å². The molecule has 3 rings (SSSR count). The summed E-state index contributed by atoms with van der Waals surface area (Å²) < 4.78 is 44.3. The van der Waals surface area contributed by atoms with Gasteiger partial charge in [-0.2, -0.15) is 13.2 Å². The third kappa shape index (κ3) is 6.21. The number of ether oxygens (including phenoxy) is 1. The van der Waals surface area contributed by atoms with Crippen molar-refractivity contribution in [3.05, 3.63) is 87.4 Å². The summed E-state index contributed by atoms with van der Waals surface area (Å²) in [6.45, 7) is 3.22. The third-order valence-corrected chi connectivity index (χ3v) is 5.61. The zero-order chi connectivity index (χ0) is 25.0. The molecule has 0 radical (unpaired) electrons. The highest BCUT2D eigenvalue weighted by Gasteiger charge is 2.31. The topological polar surface area (TPSA) is 67.4 Å². The summed E-state index contributed by atoms with van der Waals surface area (Å²) in [5.41, 5.74) is 0.539. The van der Waals surface area contributed by atoms with E-state index >= 15 is 0 Å². The molecule has 2 amide bonds. The fraction of sp³-hybridized carbons (Fsp3) is 0.167. The van der Waals surface area contributed by atoms with Crippen molar-refractivity contribution in [1.29, 1.82) is 0 Å². The van der Waals surface area contributed by atoms with Gasteiger partial charge in [-0.3, -0.25) is 9.59 Å².